The van der Waals surface area contributed by atoms with Crippen LogP contribution < -0.4 is 10.1 Å². The van der Waals surface area contributed by atoms with E-state index in [2.05, 4.69) is 34.7 Å². The third-order valence-corrected chi connectivity index (χ3v) is 4.02. The van der Waals surface area contributed by atoms with Crippen LogP contribution in [0.2, 0.25) is 0 Å². The molecule has 0 unspecified atom stereocenters. The van der Waals surface area contributed by atoms with Crippen molar-refractivity contribution >= 4 is 10.9 Å². The van der Waals surface area contributed by atoms with E-state index >= 15 is 0 Å². The van der Waals surface area contributed by atoms with Gasteiger partial charge in [-0.25, -0.2) is 4.39 Å². The predicted molar refractivity (Wildman–Crippen MR) is 91.3 cm³/mol. The maximum absolute atomic E-state index is 13.6. The van der Waals surface area contributed by atoms with Crippen LogP contribution in [-0.4, -0.2) is 18.6 Å². The van der Waals surface area contributed by atoms with Crippen LogP contribution in [0.15, 0.2) is 48.7 Å². The Bertz CT molecular complexity index is 782. The van der Waals surface area contributed by atoms with Crippen LogP contribution in [0.4, 0.5) is 4.39 Å². The zero-order chi connectivity index (χ0) is 16.1. The van der Waals surface area contributed by atoms with Gasteiger partial charge in [0.25, 0.3) is 0 Å². The Balaban J connectivity index is 1.46. The average Bonchev–Trinajstić information content (AvgIpc) is 2.98. The van der Waals surface area contributed by atoms with Crippen molar-refractivity contribution in [3.63, 3.8) is 0 Å². The lowest BCUT2D eigenvalue weighted by Gasteiger charge is -2.07. The summed E-state index contributed by atoms with van der Waals surface area (Å²) in [5, 5.41) is 4.66. The van der Waals surface area contributed by atoms with Crippen molar-refractivity contribution in [1.82, 2.24) is 10.3 Å². The molecule has 0 saturated heterocycles. The first-order valence-corrected chi connectivity index (χ1v) is 7.86. The third kappa shape index (κ3) is 3.71. The molecule has 0 fully saturated rings. The highest BCUT2D eigenvalue weighted by Crippen LogP contribution is 2.19. The molecule has 0 aliphatic carbocycles. The summed E-state index contributed by atoms with van der Waals surface area (Å²) in [5.41, 5.74) is 3.46. The Morgan fingerprint density at radius 3 is 2.87 bits per heavy atom. The molecule has 4 heteroatoms. The molecule has 0 bridgehead atoms. The molecule has 1 aromatic heterocycles. The number of para-hydroxylation sites is 1. The Hall–Kier alpha value is -2.33. The van der Waals surface area contributed by atoms with Crippen molar-refractivity contribution in [2.24, 2.45) is 0 Å². The van der Waals surface area contributed by atoms with Crippen LogP contribution >= 0.6 is 0 Å². The van der Waals surface area contributed by atoms with Gasteiger partial charge < -0.3 is 15.0 Å². The van der Waals surface area contributed by atoms with Crippen LogP contribution in [0.25, 0.3) is 10.9 Å². The number of rotatable bonds is 7. The van der Waals surface area contributed by atoms with Gasteiger partial charge in [0.1, 0.15) is 0 Å². The second-order valence-electron chi connectivity index (χ2n) is 5.61. The molecule has 0 radical (unpaired) electrons. The van der Waals surface area contributed by atoms with E-state index in [-0.39, 0.29) is 11.6 Å². The van der Waals surface area contributed by atoms with E-state index in [0.717, 1.165) is 24.9 Å². The Morgan fingerprint density at radius 1 is 1.17 bits per heavy atom. The molecule has 0 saturated carbocycles. The summed E-state index contributed by atoms with van der Waals surface area (Å²) in [6, 6.07) is 13.4. The lowest BCUT2D eigenvalue weighted by Crippen LogP contribution is -2.15. The molecule has 0 aliphatic rings. The monoisotopic (exact) mass is 312 g/mol. The lowest BCUT2D eigenvalue weighted by atomic mass is 10.1. The fraction of sp³-hybridized carbons (Fsp3) is 0.263. The van der Waals surface area contributed by atoms with Crippen molar-refractivity contribution in [2.75, 3.05) is 13.7 Å². The number of H-pyrrole nitrogens is 1. The first-order valence-electron chi connectivity index (χ1n) is 7.86. The van der Waals surface area contributed by atoms with E-state index in [9.17, 15) is 4.39 Å². The van der Waals surface area contributed by atoms with E-state index in [4.69, 9.17) is 4.74 Å². The minimum Gasteiger partial charge on any atom is -0.494 e. The second-order valence-corrected chi connectivity index (χ2v) is 5.61. The normalized spacial score (nSPS) is 11.0. The second kappa shape index (κ2) is 7.29. The van der Waals surface area contributed by atoms with Gasteiger partial charge in [-0.05, 0) is 48.7 Å². The van der Waals surface area contributed by atoms with Gasteiger partial charge >= 0.3 is 0 Å². The topological polar surface area (TPSA) is 37.0 Å². The number of methoxy groups -OCH3 is 1. The van der Waals surface area contributed by atoms with Crippen molar-refractivity contribution in [2.45, 2.75) is 19.4 Å². The van der Waals surface area contributed by atoms with E-state index < -0.39 is 0 Å². The molecule has 23 heavy (non-hydrogen) atoms. The van der Waals surface area contributed by atoms with Crippen molar-refractivity contribution < 1.29 is 9.13 Å². The summed E-state index contributed by atoms with van der Waals surface area (Å²) in [6.07, 6.45) is 4.15. The van der Waals surface area contributed by atoms with Gasteiger partial charge in [-0.2, -0.15) is 0 Å². The summed E-state index contributed by atoms with van der Waals surface area (Å²) in [7, 11) is 1.47. The number of aryl methyl sites for hydroxylation is 1. The number of benzene rings is 2. The quantitative estimate of drug-likeness (QED) is 0.646. The SMILES string of the molecule is COc1ccc(CNCCCc2c[nH]c3ccccc23)cc1F. The number of ether oxygens (including phenoxy) is 1. The highest BCUT2D eigenvalue weighted by Gasteiger charge is 2.04. The molecule has 120 valence electrons. The molecular formula is C19H21FN2O. The molecule has 2 aromatic carbocycles. The highest BCUT2D eigenvalue weighted by molar-refractivity contribution is 5.82. The van der Waals surface area contributed by atoms with Crippen LogP contribution in [-0.2, 0) is 13.0 Å². The van der Waals surface area contributed by atoms with Crippen LogP contribution in [0.5, 0.6) is 5.75 Å². The molecule has 1 heterocycles. The Morgan fingerprint density at radius 2 is 2.04 bits per heavy atom. The molecule has 2 N–H and O–H groups in total. The largest absolute Gasteiger partial charge is 0.494 e. The van der Waals surface area contributed by atoms with Crippen molar-refractivity contribution in [1.29, 1.82) is 0 Å². The summed E-state index contributed by atoms with van der Waals surface area (Å²) in [5.74, 6) is -0.0290. The fourth-order valence-corrected chi connectivity index (χ4v) is 2.79. The first-order chi connectivity index (χ1) is 11.3. The van der Waals surface area contributed by atoms with Gasteiger partial charge in [0.2, 0.25) is 0 Å². The number of nitrogens with one attached hydrogen (secondary N) is 2. The Labute approximate surface area is 135 Å². The number of hydrogen-bond acceptors (Lipinski definition) is 2. The number of hydrogen-bond donors (Lipinski definition) is 2. The van der Waals surface area contributed by atoms with Crippen LogP contribution in [0.3, 0.4) is 0 Å². The van der Waals surface area contributed by atoms with E-state index in [0.29, 0.717) is 6.54 Å². The van der Waals surface area contributed by atoms with Gasteiger partial charge in [0, 0.05) is 23.6 Å². The lowest BCUT2D eigenvalue weighted by molar-refractivity contribution is 0.386. The summed E-state index contributed by atoms with van der Waals surface area (Å²) in [4.78, 5) is 3.30. The smallest absolute Gasteiger partial charge is 0.165 e. The summed E-state index contributed by atoms with van der Waals surface area (Å²) in [6.45, 7) is 1.56. The van der Waals surface area contributed by atoms with Crippen molar-refractivity contribution in [3.8, 4) is 5.75 Å². The van der Waals surface area contributed by atoms with E-state index in [1.165, 1.54) is 29.6 Å². The van der Waals surface area contributed by atoms with Crippen molar-refractivity contribution in [3.05, 3.63) is 65.6 Å². The van der Waals surface area contributed by atoms with E-state index in [1.54, 1.807) is 6.07 Å². The zero-order valence-corrected chi connectivity index (χ0v) is 13.2. The van der Waals surface area contributed by atoms with E-state index in [1.807, 2.05) is 12.1 Å². The molecule has 0 amide bonds. The zero-order valence-electron chi connectivity index (χ0n) is 13.2. The molecule has 0 atom stereocenters. The molecule has 0 aliphatic heterocycles. The molecule has 3 aromatic rings. The molecule has 3 nitrogen and oxygen atoms in total. The van der Waals surface area contributed by atoms with Crippen LogP contribution in [0, 0.1) is 5.82 Å². The summed E-state index contributed by atoms with van der Waals surface area (Å²) >= 11 is 0. The van der Waals surface area contributed by atoms with Gasteiger partial charge in [0.15, 0.2) is 11.6 Å². The summed E-state index contributed by atoms with van der Waals surface area (Å²) < 4.78 is 18.5. The van der Waals surface area contributed by atoms with Crippen LogP contribution in [0.1, 0.15) is 17.5 Å². The van der Waals surface area contributed by atoms with Gasteiger partial charge in [-0.1, -0.05) is 24.3 Å². The maximum Gasteiger partial charge on any atom is 0.165 e. The Kier molecular flexibility index (Phi) is 4.93. The molecule has 0 spiro atoms. The molecular weight excluding hydrogens is 291 g/mol. The number of halogens is 1. The number of aromatic nitrogens is 1. The number of aromatic amines is 1. The average molecular weight is 312 g/mol. The standard InChI is InChI=1S/C19H21FN2O/c1-23-19-9-8-14(11-17(19)20)12-21-10-4-5-15-13-22-18-7-3-2-6-16(15)18/h2-3,6-9,11,13,21-22H,4-5,10,12H2,1H3. The minimum absolute atomic E-state index is 0.285. The predicted octanol–water partition coefficient (Wildman–Crippen LogP) is 4.04. The fourth-order valence-electron chi connectivity index (χ4n) is 2.79. The minimum atomic E-state index is -0.314. The molecule has 3 rings (SSSR count). The third-order valence-electron chi connectivity index (χ3n) is 4.02. The highest BCUT2D eigenvalue weighted by atomic mass is 19.1. The number of fused-ring (bicyclic) bond motifs is 1. The maximum atomic E-state index is 13.6. The first kappa shape index (κ1) is 15.6. The van der Waals surface area contributed by atoms with Gasteiger partial charge in [-0.15, -0.1) is 0 Å². The van der Waals surface area contributed by atoms with Gasteiger partial charge in [-0.3, -0.25) is 0 Å². The van der Waals surface area contributed by atoms with Gasteiger partial charge in [0.05, 0.1) is 7.11 Å².